The van der Waals surface area contributed by atoms with Gasteiger partial charge in [-0.25, -0.2) is 8.78 Å². The summed E-state index contributed by atoms with van der Waals surface area (Å²) in [7, 11) is 0. The van der Waals surface area contributed by atoms with Crippen LogP contribution in [0.15, 0.2) is 24.3 Å². The van der Waals surface area contributed by atoms with Gasteiger partial charge in [0.2, 0.25) is 11.8 Å². The molecule has 1 heterocycles. The normalized spacial score (nSPS) is 21.8. The van der Waals surface area contributed by atoms with E-state index >= 15 is 0 Å². The van der Waals surface area contributed by atoms with E-state index in [1.54, 1.807) is 18.2 Å². The average molecular weight is 388 g/mol. The molecule has 5 nitrogen and oxygen atoms in total. The lowest BCUT2D eigenvalue weighted by Crippen LogP contribution is -2.40. The van der Waals surface area contributed by atoms with Gasteiger partial charge in [0.15, 0.2) is 0 Å². The van der Waals surface area contributed by atoms with E-state index in [-0.39, 0.29) is 30.8 Å². The third kappa shape index (κ3) is 5.38. The van der Waals surface area contributed by atoms with Crippen molar-refractivity contribution in [1.29, 1.82) is 0 Å². The molecular weight excluding hydrogens is 364 g/mol. The highest BCUT2D eigenvalue weighted by atomic mass is 35.5. The maximum absolute atomic E-state index is 13.1. The number of nitrogens with one attached hydrogen (secondary N) is 3. The van der Waals surface area contributed by atoms with E-state index in [9.17, 15) is 18.4 Å². The monoisotopic (exact) mass is 387 g/mol. The maximum atomic E-state index is 13.1. The highest BCUT2D eigenvalue weighted by Crippen LogP contribution is 2.26. The van der Waals surface area contributed by atoms with Gasteiger partial charge in [-0.2, -0.15) is 0 Å². The van der Waals surface area contributed by atoms with Gasteiger partial charge in [0, 0.05) is 24.6 Å². The number of hydrogen-bond acceptors (Lipinski definition) is 3. The summed E-state index contributed by atoms with van der Waals surface area (Å²) in [5, 5.41) is 8.11. The zero-order valence-corrected chi connectivity index (χ0v) is 15.2. The predicted octanol–water partition coefficient (Wildman–Crippen LogP) is 2.85. The largest absolute Gasteiger partial charge is 0.351 e. The van der Waals surface area contributed by atoms with Gasteiger partial charge in [0.05, 0.1) is 12.6 Å². The molecule has 0 spiro atoms. The molecule has 3 rings (SSSR count). The number of benzene rings is 1. The van der Waals surface area contributed by atoms with E-state index in [1.165, 1.54) is 0 Å². The molecule has 1 saturated carbocycles. The van der Waals surface area contributed by atoms with Crippen LogP contribution in [-0.4, -0.2) is 30.3 Å². The molecule has 1 saturated heterocycles. The number of carbonyl (C=O) groups is 2. The molecule has 2 fully saturated rings. The fourth-order valence-electron chi connectivity index (χ4n) is 3.40. The first-order valence-electron chi connectivity index (χ1n) is 8.72. The van der Waals surface area contributed by atoms with E-state index in [0.717, 1.165) is 31.2 Å². The lowest BCUT2D eigenvalue weighted by atomic mass is 10.1. The summed E-state index contributed by atoms with van der Waals surface area (Å²) in [6.07, 6.45) is 3.58. The molecule has 2 aliphatic rings. The Kier molecular flexibility index (Phi) is 6.94. The van der Waals surface area contributed by atoms with Crippen LogP contribution in [-0.2, 0) is 16.1 Å². The number of alkyl halides is 2. The first-order valence-corrected chi connectivity index (χ1v) is 8.72. The zero-order chi connectivity index (χ0) is 17.9. The molecule has 0 radical (unpaired) electrons. The fourth-order valence-corrected chi connectivity index (χ4v) is 3.40. The van der Waals surface area contributed by atoms with Crippen molar-refractivity contribution in [2.45, 2.75) is 50.6 Å². The van der Waals surface area contributed by atoms with Gasteiger partial charge in [-0.05, 0) is 30.5 Å². The van der Waals surface area contributed by atoms with Gasteiger partial charge in [-0.1, -0.05) is 25.0 Å². The highest BCUT2D eigenvalue weighted by Gasteiger charge is 2.42. The van der Waals surface area contributed by atoms with Crippen molar-refractivity contribution in [1.82, 2.24) is 10.6 Å². The van der Waals surface area contributed by atoms with Crippen LogP contribution in [0.4, 0.5) is 14.5 Å². The number of hydrogen-bond donors (Lipinski definition) is 3. The van der Waals surface area contributed by atoms with Crippen LogP contribution < -0.4 is 16.0 Å². The van der Waals surface area contributed by atoms with Crippen molar-refractivity contribution in [3.63, 3.8) is 0 Å². The van der Waals surface area contributed by atoms with Crippen LogP contribution in [0, 0.1) is 5.92 Å². The molecule has 1 aliphatic carbocycles. The Morgan fingerprint density at radius 2 is 1.92 bits per heavy atom. The third-order valence-corrected chi connectivity index (χ3v) is 4.81. The second-order valence-corrected chi connectivity index (χ2v) is 6.88. The highest BCUT2D eigenvalue weighted by molar-refractivity contribution is 5.92. The number of halogens is 3. The minimum absolute atomic E-state index is 0. The third-order valence-electron chi connectivity index (χ3n) is 4.81. The summed E-state index contributed by atoms with van der Waals surface area (Å²) in [4.78, 5) is 24.1. The van der Waals surface area contributed by atoms with Crippen molar-refractivity contribution in [2.75, 3.05) is 11.9 Å². The first kappa shape index (κ1) is 20.6. The van der Waals surface area contributed by atoms with Crippen molar-refractivity contribution in [3.05, 3.63) is 29.8 Å². The fraction of sp³-hybridized carbons (Fsp3) is 0.556. The summed E-state index contributed by atoms with van der Waals surface area (Å²) in [5.41, 5.74) is 1.50. The topological polar surface area (TPSA) is 70.2 Å². The van der Waals surface area contributed by atoms with E-state index in [1.807, 2.05) is 6.07 Å². The van der Waals surface area contributed by atoms with Gasteiger partial charge in [0.25, 0.3) is 5.92 Å². The van der Waals surface area contributed by atoms with Crippen LogP contribution in [0.3, 0.4) is 0 Å². The van der Waals surface area contributed by atoms with Gasteiger partial charge >= 0.3 is 0 Å². The Hall–Kier alpha value is -1.73. The predicted molar refractivity (Wildman–Crippen MR) is 97.5 cm³/mol. The molecule has 1 aliphatic heterocycles. The Bertz CT molecular complexity index is 651. The molecule has 1 unspecified atom stereocenters. The van der Waals surface area contributed by atoms with Crippen LogP contribution >= 0.6 is 12.4 Å². The molecule has 1 aromatic rings. The number of carbonyl (C=O) groups excluding carboxylic acids is 2. The maximum Gasteiger partial charge on any atom is 0.262 e. The van der Waals surface area contributed by atoms with Crippen LogP contribution in [0.25, 0.3) is 0 Å². The molecular formula is C18H24ClF2N3O2. The molecule has 144 valence electrons. The first-order chi connectivity index (χ1) is 11.9. The molecule has 1 aromatic carbocycles. The van der Waals surface area contributed by atoms with Crippen LogP contribution in [0.5, 0.6) is 0 Å². The van der Waals surface area contributed by atoms with Gasteiger partial charge < -0.3 is 10.6 Å². The van der Waals surface area contributed by atoms with Gasteiger partial charge in [0.1, 0.15) is 0 Å². The number of rotatable bonds is 5. The minimum atomic E-state index is -2.83. The Morgan fingerprint density at radius 1 is 1.19 bits per heavy atom. The van der Waals surface area contributed by atoms with Crippen LogP contribution in [0.2, 0.25) is 0 Å². The molecule has 26 heavy (non-hydrogen) atoms. The van der Waals surface area contributed by atoms with Crippen molar-refractivity contribution in [3.8, 4) is 0 Å². The Labute approximate surface area is 157 Å². The van der Waals surface area contributed by atoms with E-state index in [2.05, 4.69) is 16.0 Å². The molecule has 8 heteroatoms. The minimum Gasteiger partial charge on any atom is -0.351 e. The standard InChI is InChI=1S/C18H23F2N3O2.ClH/c19-18(20)9-15(22-11-18)17(25)21-10-12-4-3-7-14(8-12)23-16(24)13-5-1-2-6-13;/h3-4,7-8,13,15,22H,1-2,5-6,9-11H2,(H,21,25)(H,23,24);1H. The second kappa shape index (κ2) is 8.77. The van der Waals surface area contributed by atoms with Crippen LogP contribution in [0.1, 0.15) is 37.7 Å². The molecule has 0 bridgehead atoms. The SMILES string of the molecule is Cl.O=C(Nc1cccc(CNC(=O)C2CC(F)(F)CN2)c1)C1CCCC1. The van der Waals surface area contributed by atoms with Gasteiger partial charge in [-0.15, -0.1) is 12.4 Å². The van der Waals surface area contributed by atoms with Crippen molar-refractivity contribution >= 4 is 29.9 Å². The number of anilines is 1. The molecule has 1 atom stereocenters. The summed E-state index contributed by atoms with van der Waals surface area (Å²) in [5.74, 6) is -3.14. The van der Waals surface area contributed by atoms with Gasteiger partial charge in [-0.3, -0.25) is 14.9 Å². The average Bonchev–Trinajstić information content (AvgIpc) is 3.22. The Balaban J connectivity index is 0.00000243. The molecule has 3 N–H and O–H groups in total. The summed E-state index contributed by atoms with van der Waals surface area (Å²) >= 11 is 0. The number of amides is 2. The lowest BCUT2D eigenvalue weighted by Gasteiger charge is -2.13. The summed E-state index contributed by atoms with van der Waals surface area (Å²) in [6.45, 7) is -0.233. The molecule has 2 amide bonds. The smallest absolute Gasteiger partial charge is 0.262 e. The quantitative estimate of drug-likeness (QED) is 0.727. The van der Waals surface area contributed by atoms with E-state index in [0.29, 0.717) is 5.69 Å². The summed E-state index contributed by atoms with van der Waals surface area (Å²) in [6, 6.07) is 6.36. The zero-order valence-electron chi connectivity index (χ0n) is 14.4. The van der Waals surface area contributed by atoms with Crippen molar-refractivity contribution in [2.24, 2.45) is 5.92 Å². The van der Waals surface area contributed by atoms with Crippen molar-refractivity contribution < 1.29 is 18.4 Å². The van der Waals surface area contributed by atoms with E-state index < -0.39 is 30.8 Å². The summed E-state index contributed by atoms with van der Waals surface area (Å²) < 4.78 is 26.3. The second-order valence-electron chi connectivity index (χ2n) is 6.88. The van der Waals surface area contributed by atoms with E-state index in [4.69, 9.17) is 0 Å². The lowest BCUT2D eigenvalue weighted by molar-refractivity contribution is -0.123. The Morgan fingerprint density at radius 3 is 2.58 bits per heavy atom. The molecule has 0 aromatic heterocycles.